The summed E-state index contributed by atoms with van der Waals surface area (Å²) in [5.74, 6) is 1.74. The summed E-state index contributed by atoms with van der Waals surface area (Å²) in [6.07, 6.45) is 0. The first-order chi connectivity index (χ1) is 27.8. The van der Waals surface area contributed by atoms with Gasteiger partial charge in [0.15, 0.2) is 17.5 Å². The Balaban J connectivity index is 1.25. The maximum atomic E-state index is 6.54. The highest BCUT2D eigenvalue weighted by molar-refractivity contribution is 6.09. The normalized spacial score (nSPS) is 12.8. The zero-order valence-corrected chi connectivity index (χ0v) is 30.3. The lowest BCUT2D eigenvalue weighted by molar-refractivity contribution is 0.669. The fraction of sp³-hybridized carbons (Fsp3) is 0.0192. The fourth-order valence-corrected chi connectivity index (χ4v) is 8.79. The Kier molecular flexibility index (Phi) is 7.36. The lowest BCUT2D eigenvalue weighted by atomic mass is 9.67. The van der Waals surface area contributed by atoms with Gasteiger partial charge in [-0.2, -0.15) is 0 Å². The first-order valence-corrected chi connectivity index (χ1v) is 18.9. The lowest BCUT2D eigenvalue weighted by Gasteiger charge is -2.34. The molecular formula is C52H33N3O. The van der Waals surface area contributed by atoms with Crippen molar-refractivity contribution in [2.75, 3.05) is 0 Å². The Morgan fingerprint density at radius 2 is 0.875 bits per heavy atom. The summed E-state index contributed by atoms with van der Waals surface area (Å²) in [4.78, 5) is 15.9. The first-order valence-electron chi connectivity index (χ1n) is 18.9. The summed E-state index contributed by atoms with van der Waals surface area (Å²) in [6, 6.07) is 70.5. The smallest absolute Gasteiger partial charge is 0.167 e. The van der Waals surface area contributed by atoms with Crippen molar-refractivity contribution < 1.29 is 4.42 Å². The molecule has 0 N–H and O–H groups in total. The van der Waals surface area contributed by atoms with Crippen molar-refractivity contribution in [2.45, 2.75) is 5.41 Å². The molecule has 2 heterocycles. The minimum Gasteiger partial charge on any atom is -0.455 e. The molecule has 4 heteroatoms. The van der Waals surface area contributed by atoms with Crippen LogP contribution in [0.2, 0.25) is 0 Å². The Labute approximate surface area is 324 Å². The van der Waals surface area contributed by atoms with Gasteiger partial charge in [0.25, 0.3) is 0 Å². The summed E-state index contributed by atoms with van der Waals surface area (Å²) in [7, 11) is 0. The molecule has 0 spiro atoms. The molecule has 0 unspecified atom stereocenters. The van der Waals surface area contributed by atoms with Gasteiger partial charge in [-0.1, -0.05) is 176 Å². The molecule has 8 aromatic carbocycles. The van der Waals surface area contributed by atoms with E-state index in [9.17, 15) is 0 Å². The number of fused-ring (bicyclic) bond motifs is 6. The van der Waals surface area contributed by atoms with Gasteiger partial charge >= 0.3 is 0 Å². The van der Waals surface area contributed by atoms with Crippen molar-refractivity contribution in [3.63, 3.8) is 0 Å². The molecule has 11 rings (SSSR count). The molecule has 4 nitrogen and oxygen atoms in total. The van der Waals surface area contributed by atoms with E-state index in [2.05, 4.69) is 158 Å². The van der Waals surface area contributed by atoms with Gasteiger partial charge in [-0.25, -0.2) is 15.0 Å². The van der Waals surface area contributed by atoms with Crippen LogP contribution < -0.4 is 0 Å². The quantitative estimate of drug-likeness (QED) is 0.172. The highest BCUT2D eigenvalue weighted by atomic mass is 16.3. The van der Waals surface area contributed by atoms with Gasteiger partial charge in [-0.3, -0.25) is 0 Å². The van der Waals surface area contributed by atoms with Gasteiger partial charge in [0, 0.05) is 21.9 Å². The number of nitrogens with zero attached hydrogens (tertiary/aromatic N) is 3. The van der Waals surface area contributed by atoms with Gasteiger partial charge in [0.1, 0.15) is 11.2 Å². The van der Waals surface area contributed by atoms with Crippen molar-refractivity contribution in [1.82, 2.24) is 15.0 Å². The molecule has 0 saturated heterocycles. The van der Waals surface area contributed by atoms with E-state index in [-0.39, 0.29) is 0 Å². The summed E-state index contributed by atoms with van der Waals surface area (Å²) in [5.41, 5.74) is 13.0. The third-order valence-electron chi connectivity index (χ3n) is 11.2. The predicted molar refractivity (Wildman–Crippen MR) is 226 cm³/mol. The van der Waals surface area contributed by atoms with E-state index >= 15 is 0 Å². The standard InChI is InChI=1S/C52H33N3O/c1-5-18-34(19-6-1)42-32-43-38-26-13-15-30-45(38)52(36-22-9-3-10-23-36,37-24-11-4-12-25-37)46(43)33-44(42)51-54-49(35-20-7-2-8-21-35)53-50(55-51)41-29-17-28-40-39-27-14-16-31-47(39)56-48(40)41/h1-33H. The number of hydrogen-bond acceptors (Lipinski definition) is 4. The number of hydrogen-bond donors (Lipinski definition) is 0. The van der Waals surface area contributed by atoms with Crippen LogP contribution in [0.4, 0.5) is 0 Å². The molecule has 2 aromatic heterocycles. The van der Waals surface area contributed by atoms with Crippen molar-refractivity contribution >= 4 is 21.9 Å². The summed E-state index contributed by atoms with van der Waals surface area (Å²) >= 11 is 0. The van der Waals surface area contributed by atoms with E-state index in [0.29, 0.717) is 17.5 Å². The summed E-state index contributed by atoms with van der Waals surface area (Å²) in [6.45, 7) is 0. The van der Waals surface area contributed by atoms with Gasteiger partial charge in [-0.15, -0.1) is 0 Å². The molecular weight excluding hydrogens is 683 g/mol. The molecule has 0 fully saturated rings. The average molecular weight is 716 g/mol. The van der Waals surface area contributed by atoms with Gasteiger partial charge in [0.05, 0.1) is 11.0 Å². The molecule has 0 aliphatic heterocycles. The third kappa shape index (κ3) is 4.89. The van der Waals surface area contributed by atoms with Crippen molar-refractivity contribution in [3.8, 4) is 56.4 Å². The molecule has 0 atom stereocenters. The van der Waals surface area contributed by atoms with Crippen LogP contribution in [-0.2, 0) is 5.41 Å². The molecule has 0 bridgehead atoms. The number of benzene rings is 8. The van der Waals surface area contributed by atoms with Crippen LogP contribution in [0, 0.1) is 0 Å². The zero-order valence-electron chi connectivity index (χ0n) is 30.3. The molecule has 1 aliphatic rings. The topological polar surface area (TPSA) is 51.8 Å². The van der Waals surface area contributed by atoms with E-state index in [4.69, 9.17) is 19.4 Å². The summed E-state index contributed by atoms with van der Waals surface area (Å²) in [5, 5.41) is 2.08. The number of furan rings is 1. The largest absolute Gasteiger partial charge is 0.455 e. The first kappa shape index (κ1) is 32.0. The van der Waals surface area contributed by atoms with Gasteiger partial charge < -0.3 is 4.42 Å². The van der Waals surface area contributed by atoms with Crippen LogP contribution in [0.25, 0.3) is 78.4 Å². The molecule has 10 aromatic rings. The van der Waals surface area contributed by atoms with Crippen molar-refractivity contribution in [3.05, 3.63) is 222 Å². The molecule has 56 heavy (non-hydrogen) atoms. The van der Waals surface area contributed by atoms with Crippen molar-refractivity contribution in [2.24, 2.45) is 0 Å². The minimum absolute atomic E-state index is 0.554. The van der Waals surface area contributed by atoms with Crippen LogP contribution in [0.15, 0.2) is 205 Å². The Morgan fingerprint density at radius 3 is 1.59 bits per heavy atom. The highest BCUT2D eigenvalue weighted by Crippen LogP contribution is 2.58. The second-order valence-corrected chi connectivity index (χ2v) is 14.3. The number of para-hydroxylation sites is 2. The maximum absolute atomic E-state index is 6.54. The molecule has 1 aliphatic carbocycles. The van der Waals surface area contributed by atoms with Gasteiger partial charge in [-0.05, 0) is 68.8 Å². The Hall–Kier alpha value is -7.43. The van der Waals surface area contributed by atoms with Crippen LogP contribution >= 0.6 is 0 Å². The SMILES string of the molecule is c1ccc(-c2nc(-c3cc4c(cc3-c3ccccc3)-c3ccccc3C4(c3ccccc3)c3ccccc3)nc(-c3cccc4c3oc3ccccc34)n2)cc1. The highest BCUT2D eigenvalue weighted by Gasteiger charge is 2.46. The van der Waals surface area contributed by atoms with Gasteiger partial charge in [0.2, 0.25) is 0 Å². The molecule has 0 amide bonds. The van der Waals surface area contributed by atoms with E-state index in [1.54, 1.807) is 0 Å². The van der Waals surface area contributed by atoms with E-state index in [0.717, 1.165) is 49.8 Å². The lowest BCUT2D eigenvalue weighted by Crippen LogP contribution is -2.28. The Morgan fingerprint density at radius 1 is 0.339 bits per heavy atom. The monoisotopic (exact) mass is 715 g/mol. The Bertz CT molecular complexity index is 3030. The molecule has 0 saturated carbocycles. The zero-order chi connectivity index (χ0) is 37.1. The van der Waals surface area contributed by atoms with E-state index < -0.39 is 5.41 Å². The number of rotatable bonds is 6. The van der Waals surface area contributed by atoms with Crippen LogP contribution in [0.3, 0.4) is 0 Å². The van der Waals surface area contributed by atoms with Crippen molar-refractivity contribution in [1.29, 1.82) is 0 Å². The van der Waals surface area contributed by atoms with E-state index in [1.807, 2.05) is 42.5 Å². The van der Waals surface area contributed by atoms with Crippen LogP contribution in [0.5, 0.6) is 0 Å². The average Bonchev–Trinajstić information content (AvgIpc) is 3.81. The molecule has 0 radical (unpaired) electrons. The second kappa shape index (κ2) is 12.9. The third-order valence-corrected chi connectivity index (χ3v) is 11.2. The summed E-state index contributed by atoms with van der Waals surface area (Å²) < 4.78 is 6.54. The van der Waals surface area contributed by atoms with E-state index in [1.165, 1.54) is 33.4 Å². The predicted octanol–water partition coefficient (Wildman–Crippen LogP) is 12.8. The van der Waals surface area contributed by atoms with Crippen LogP contribution in [-0.4, -0.2) is 15.0 Å². The fourth-order valence-electron chi connectivity index (χ4n) is 8.79. The molecule has 262 valence electrons. The maximum Gasteiger partial charge on any atom is 0.167 e. The minimum atomic E-state index is -0.587. The van der Waals surface area contributed by atoms with Crippen LogP contribution in [0.1, 0.15) is 22.3 Å². The number of aromatic nitrogens is 3. The second-order valence-electron chi connectivity index (χ2n) is 14.3.